The highest BCUT2D eigenvalue weighted by molar-refractivity contribution is 7.17. The second kappa shape index (κ2) is 3.42. The SMILES string of the molecule is COc1cc2scc(C)c2cc1C=O. The predicted octanol–water partition coefficient (Wildman–Crippen LogP) is 3.03. The third-order valence-electron chi connectivity index (χ3n) is 2.25. The lowest BCUT2D eigenvalue weighted by Gasteiger charge is -2.03. The summed E-state index contributed by atoms with van der Waals surface area (Å²) in [7, 11) is 1.58. The third-order valence-corrected chi connectivity index (χ3v) is 3.31. The Hall–Kier alpha value is -1.35. The van der Waals surface area contributed by atoms with E-state index in [4.69, 9.17) is 4.74 Å². The molecule has 3 heteroatoms. The maximum atomic E-state index is 10.8. The molecule has 0 spiro atoms. The van der Waals surface area contributed by atoms with Crippen LogP contribution in [0.2, 0.25) is 0 Å². The zero-order valence-corrected chi connectivity index (χ0v) is 8.85. The third kappa shape index (κ3) is 1.30. The maximum Gasteiger partial charge on any atom is 0.153 e. The van der Waals surface area contributed by atoms with Gasteiger partial charge in [0, 0.05) is 4.70 Å². The monoisotopic (exact) mass is 206 g/mol. The van der Waals surface area contributed by atoms with Gasteiger partial charge in [0.25, 0.3) is 0 Å². The largest absolute Gasteiger partial charge is 0.496 e. The zero-order valence-electron chi connectivity index (χ0n) is 8.03. The van der Waals surface area contributed by atoms with Crippen molar-refractivity contribution in [3.8, 4) is 5.75 Å². The van der Waals surface area contributed by atoms with Gasteiger partial charge in [0.05, 0.1) is 12.7 Å². The minimum absolute atomic E-state index is 0.613. The molecule has 0 saturated carbocycles. The van der Waals surface area contributed by atoms with E-state index in [1.807, 2.05) is 19.1 Å². The van der Waals surface area contributed by atoms with Crippen LogP contribution in [0.1, 0.15) is 15.9 Å². The van der Waals surface area contributed by atoms with Gasteiger partial charge < -0.3 is 4.74 Å². The Balaban J connectivity index is 2.77. The van der Waals surface area contributed by atoms with Crippen LogP contribution in [0.5, 0.6) is 5.75 Å². The van der Waals surface area contributed by atoms with Gasteiger partial charge in [-0.1, -0.05) is 0 Å². The van der Waals surface area contributed by atoms with E-state index >= 15 is 0 Å². The molecule has 0 bridgehead atoms. The van der Waals surface area contributed by atoms with Crippen LogP contribution in [0, 0.1) is 6.92 Å². The molecular formula is C11H10O2S. The van der Waals surface area contributed by atoms with Gasteiger partial charge in [0.2, 0.25) is 0 Å². The number of rotatable bonds is 2. The maximum absolute atomic E-state index is 10.8. The van der Waals surface area contributed by atoms with Gasteiger partial charge in [-0.2, -0.15) is 0 Å². The summed E-state index contributed by atoms with van der Waals surface area (Å²) in [5, 5.41) is 3.22. The lowest BCUT2D eigenvalue weighted by molar-refractivity contribution is 0.112. The van der Waals surface area contributed by atoms with Gasteiger partial charge >= 0.3 is 0 Å². The lowest BCUT2D eigenvalue weighted by atomic mass is 10.1. The van der Waals surface area contributed by atoms with Crippen molar-refractivity contribution in [1.29, 1.82) is 0 Å². The summed E-state index contributed by atoms with van der Waals surface area (Å²) in [5.41, 5.74) is 1.82. The summed E-state index contributed by atoms with van der Waals surface area (Å²) < 4.78 is 6.29. The summed E-state index contributed by atoms with van der Waals surface area (Å²) in [5.74, 6) is 0.648. The molecule has 1 heterocycles. The van der Waals surface area contributed by atoms with Crippen LogP contribution in [0.3, 0.4) is 0 Å². The van der Waals surface area contributed by atoms with E-state index in [0.717, 1.165) is 16.4 Å². The number of hydrogen-bond donors (Lipinski definition) is 0. The molecule has 0 fully saturated rings. The van der Waals surface area contributed by atoms with Crippen molar-refractivity contribution in [3.05, 3.63) is 28.6 Å². The molecule has 14 heavy (non-hydrogen) atoms. The number of thiophene rings is 1. The molecule has 2 nitrogen and oxygen atoms in total. The van der Waals surface area contributed by atoms with Gasteiger partial charge in [-0.05, 0) is 35.4 Å². The van der Waals surface area contributed by atoms with E-state index in [-0.39, 0.29) is 0 Å². The predicted molar refractivity (Wildman–Crippen MR) is 58.5 cm³/mol. The Labute approximate surface area is 86.1 Å². The first-order valence-corrected chi connectivity index (χ1v) is 5.15. The summed E-state index contributed by atoms with van der Waals surface area (Å²) in [6.07, 6.45) is 0.829. The summed E-state index contributed by atoms with van der Waals surface area (Å²) in [6, 6.07) is 3.80. The number of hydrogen-bond acceptors (Lipinski definition) is 3. The van der Waals surface area contributed by atoms with Crippen LogP contribution in [-0.4, -0.2) is 13.4 Å². The highest BCUT2D eigenvalue weighted by atomic mass is 32.1. The highest BCUT2D eigenvalue weighted by Crippen LogP contribution is 2.31. The van der Waals surface area contributed by atoms with Crippen molar-refractivity contribution in [2.45, 2.75) is 6.92 Å². The van der Waals surface area contributed by atoms with Crippen molar-refractivity contribution in [2.75, 3.05) is 7.11 Å². The average Bonchev–Trinajstić information content (AvgIpc) is 2.58. The van der Waals surface area contributed by atoms with Crippen LogP contribution < -0.4 is 4.74 Å². The van der Waals surface area contributed by atoms with Crippen molar-refractivity contribution in [2.24, 2.45) is 0 Å². The first-order chi connectivity index (χ1) is 6.76. The number of fused-ring (bicyclic) bond motifs is 1. The molecule has 0 saturated heterocycles. The fourth-order valence-corrected chi connectivity index (χ4v) is 2.42. The molecule has 0 aliphatic heterocycles. The molecule has 0 atom stereocenters. The molecule has 0 radical (unpaired) electrons. The van der Waals surface area contributed by atoms with E-state index in [1.165, 1.54) is 5.56 Å². The highest BCUT2D eigenvalue weighted by Gasteiger charge is 2.07. The van der Waals surface area contributed by atoms with Crippen LogP contribution in [0.4, 0.5) is 0 Å². The number of benzene rings is 1. The summed E-state index contributed by atoms with van der Waals surface area (Å²) in [4.78, 5) is 10.8. The minimum Gasteiger partial charge on any atom is -0.496 e. The lowest BCUT2D eigenvalue weighted by Crippen LogP contribution is -1.89. The zero-order chi connectivity index (χ0) is 10.1. The standard InChI is InChI=1S/C11H10O2S/c1-7-6-14-11-4-10(13-2)8(5-12)3-9(7)11/h3-6H,1-2H3. The Morgan fingerprint density at radius 1 is 1.43 bits per heavy atom. The van der Waals surface area contributed by atoms with E-state index in [0.29, 0.717) is 11.3 Å². The van der Waals surface area contributed by atoms with Crippen molar-refractivity contribution in [1.82, 2.24) is 0 Å². The van der Waals surface area contributed by atoms with E-state index in [2.05, 4.69) is 5.38 Å². The first kappa shape index (κ1) is 9.21. The molecule has 0 aliphatic carbocycles. The normalized spacial score (nSPS) is 10.4. The molecule has 1 aromatic carbocycles. The molecule has 2 rings (SSSR count). The smallest absolute Gasteiger partial charge is 0.153 e. The van der Waals surface area contributed by atoms with Crippen LogP contribution in [0.15, 0.2) is 17.5 Å². The molecule has 0 unspecified atom stereocenters. The van der Waals surface area contributed by atoms with Crippen molar-refractivity contribution >= 4 is 27.7 Å². The van der Waals surface area contributed by atoms with E-state index in [9.17, 15) is 4.79 Å². The molecule has 1 aromatic heterocycles. The Bertz CT molecular complexity index is 485. The molecule has 2 aromatic rings. The van der Waals surface area contributed by atoms with Gasteiger partial charge in [0.1, 0.15) is 5.75 Å². The number of aryl methyl sites for hydroxylation is 1. The fourth-order valence-electron chi connectivity index (χ4n) is 1.47. The van der Waals surface area contributed by atoms with Crippen LogP contribution in [-0.2, 0) is 0 Å². The second-order valence-corrected chi connectivity index (χ2v) is 4.04. The van der Waals surface area contributed by atoms with E-state index in [1.54, 1.807) is 18.4 Å². The van der Waals surface area contributed by atoms with Crippen LogP contribution >= 0.6 is 11.3 Å². The topological polar surface area (TPSA) is 26.3 Å². The number of aldehydes is 1. The van der Waals surface area contributed by atoms with Crippen molar-refractivity contribution in [3.63, 3.8) is 0 Å². The van der Waals surface area contributed by atoms with Crippen LogP contribution in [0.25, 0.3) is 10.1 Å². The first-order valence-electron chi connectivity index (χ1n) is 4.27. The molecule has 0 N–H and O–H groups in total. The molecule has 0 amide bonds. The van der Waals surface area contributed by atoms with Gasteiger partial charge in [-0.3, -0.25) is 4.79 Å². The number of carbonyl (C=O) groups excluding carboxylic acids is 1. The number of carbonyl (C=O) groups is 1. The fraction of sp³-hybridized carbons (Fsp3) is 0.182. The Kier molecular flexibility index (Phi) is 2.25. The van der Waals surface area contributed by atoms with Gasteiger partial charge in [0.15, 0.2) is 6.29 Å². The Morgan fingerprint density at radius 3 is 2.86 bits per heavy atom. The van der Waals surface area contributed by atoms with E-state index < -0.39 is 0 Å². The average molecular weight is 206 g/mol. The summed E-state index contributed by atoms with van der Waals surface area (Å²) in [6.45, 7) is 2.04. The van der Waals surface area contributed by atoms with Gasteiger partial charge in [-0.15, -0.1) is 11.3 Å². The molecular weight excluding hydrogens is 196 g/mol. The molecule has 0 aliphatic rings. The van der Waals surface area contributed by atoms with Crippen molar-refractivity contribution < 1.29 is 9.53 Å². The quantitative estimate of drug-likeness (QED) is 0.706. The summed E-state index contributed by atoms with van der Waals surface area (Å²) >= 11 is 1.67. The molecule has 72 valence electrons. The second-order valence-electron chi connectivity index (χ2n) is 3.13. The number of methoxy groups -OCH3 is 1. The van der Waals surface area contributed by atoms with Gasteiger partial charge in [-0.25, -0.2) is 0 Å². The number of ether oxygens (including phenoxy) is 1. The Morgan fingerprint density at radius 2 is 2.21 bits per heavy atom. The minimum atomic E-state index is 0.613.